The van der Waals surface area contributed by atoms with Crippen LogP contribution in [0.2, 0.25) is 0 Å². The third-order valence-corrected chi connectivity index (χ3v) is 4.26. The highest BCUT2D eigenvalue weighted by atomic mass is 16.5. The number of rotatable bonds is 8. The number of aromatic nitrogens is 1. The lowest BCUT2D eigenvalue weighted by Crippen LogP contribution is -2.37. The zero-order valence-corrected chi connectivity index (χ0v) is 16.8. The minimum Gasteiger partial charge on any atom is -0.493 e. The summed E-state index contributed by atoms with van der Waals surface area (Å²) in [6.45, 7) is 5.15. The average molecular weight is 376 g/mol. The van der Waals surface area contributed by atoms with E-state index in [2.05, 4.69) is 20.8 Å². The highest BCUT2D eigenvalue weighted by Crippen LogP contribution is 2.38. The normalized spacial score (nSPS) is 11.3. The molecular formula is C19H28N4O4. The summed E-state index contributed by atoms with van der Waals surface area (Å²) >= 11 is 0. The lowest BCUT2D eigenvalue weighted by Gasteiger charge is -2.16. The number of nitrogens with zero attached hydrogens (tertiary/aromatic N) is 2. The molecule has 1 heterocycles. The number of hydrogen-bond acceptors (Lipinski definition) is 6. The molecule has 27 heavy (non-hydrogen) atoms. The SMILES string of the molecule is CN=C(NCCc1c(C)noc1C)NCc1cc(OC)c(OC)c(OC)c1. The van der Waals surface area contributed by atoms with E-state index in [-0.39, 0.29) is 0 Å². The standard InChI is InChI=1S/C19H28N4O4/c1-12-15(13(2)27-23-12)7-8-21-19(20-3)22-11-14-9-16(24-4)18(26-6)17(10-14)25-5/h9-10H,7-8,11H2,1-6H3,(H2,20,21,22). The first-order valence-electron chi connectivity index (χ1n) is 8.69. The van der Waals surface area contributed by atoms with E-state index in [9.17, 15) is 0 Å². The Labute approximate surface area is 159 Å². The van der Waals surface area contributed by atoms with Gasteiger partial charge in [-0.3, -0.25) is 4.99 Å². The molecule has 0 fully saturated rings. The van der Waals surface area contributed by atoms with E-state index in [1.807, 2.05) is 26.0 Å². The number of methoxy groups -OCH3 is 3. The summed E-state index contributed by atoms with van der Waals surface area (Å²) in [4.78, 5) is 4.25. The van der Waals surface area contributed by atoms with Crippen molar-refractivity contribution in [2.24, 2.45) is 4.99 Å². The van der Waals surface area contributed by atoms with Gasteiger partial charge in [0.25, 0.3) is 0 Å². The van der Waals surface area contributed by atoms with E-state index in [4.69, 9.17) is 18.7 Å². The van der Waals surface area contributed by atoms with Crippen molar-refractivity contribution in [3.05, 3.63) is 34.7 Å². The van der Waals surface area contributed by atoms with Gasteiger partial charge in [0.1, 0.15) is 5.76 Å². The molecule has 0 amide bonds. The molecule has 0 bridgehead atoms. The van der Waals surface area contributed by atoms with Crippen LogP contribution in [0.1, 0.15) is 22.6 Å². The lowest BCUT2D eigenvalue weighted by atomic mass is 10.1. The molecule has 0 aliphatic heterocycles. The number of aliphatic imine (C=N–C) groups is 1. The fourth-order valence-electron chi connectivity index (χ4n) is 2.81. The average Bonchev–Trinajstić information content (AvgIpc) is 3.01. The minimum atomic E-state index is 0.557. The van der Waals surface area contributed by atoms with Crippen LogP contribution in [0.4, 0.5) is 0 Å². The second-order valence-corrected chi connectivity index (χ2v) is 5.94. The Kier molecular flexibility index (Phi) is 7.34. The van der Waals surface area contributed by atoms with Gasteiger partial charge >= 0.3 is 0 Å². The number of nitrogens with one attached hydrogen (secondary N) is 2. The summed E-state index contributed by atoms with van der Waals surface area (Å²) in [6, 6.07) is 3.82. The minimum absolute atomic E-state index is 0.557. The predicted octanol–water partition coefficient (Wildman–Crippen LogP) is 2.22. The highest BCUT2D eigenvalue weighted by molar-refractivity contribution is 5.79. The van der Waals surface area contributed by atoms with Crippen LogP contribution in [0.15, 0.2) is 21.6 Å². The van der Waals surface area contributed by atoms with Crippen LogP contribution in [0.3, 0.4) is 0 Å². The van der Waals surface area contributed by atoms with Crippen molar-refractivity contribution in [3.63, 3.8) is 0 Å². The number of guanidine groups is 1. The van der Waals surface area contributed by atoms with Crippen molar-refractivity contribution in [2.45, 2.75) is 26.8 Å². The van der Waals surface area contributed by atoms with Gasteiger partial charge in [-0.1, -0.05) is 5.16 Å². The monoisotopic (exact) mass is 376 g/mol. The molecule has 8 nitrogen and oxygen atoms in total. The first kappa shape index (κ1) is 20.4. The van der Waals surface area contributed by atoms with E-state index in [1.165, 1.54) is 0 Å². The molecule has 0 radical (unpaired) electrons. The molecule has 0 spiro atoms. The van der Waals surface area contributed by atoms with Gasteiger partial charge < -0.3 is 29.4 Å². The number of aryl methyl sites for hydroxylation is 2. The fourth-order valence-corrected chi connectivity index (χ4v) is 2.81. The van der Waals surface area contributed by atoms with Crippen molar-refractivity contribution in [1.82, 2.24) is 15.8 Å². The summed E-state index contributed by atoms with van der Waals surface area (Å²) in [7, 11) is 6.52. The molecule has 0 aliphatic carbocycles. The van der Waals surface area contributed by atoms with Crippen LogP contribution in [-0.2, 0) is 13.0 Å². The molecule has 0 aliphatic rings. The first-order valence-corrected chi connectivity index (χ1v) is 8.69. The number of benzene rings is 1. The summed E-state index contributed by atoms with van der Waals surface area (Å²) in [5.41, 5.74) is 3.04. The van der Waals surface area contributed by atoms with Crippen LogP contribution >= 0.6 is 0 Å². The highest BCUT2D eigenvalue weighted by Gasteiger charge is 2.13. The summed E-state index contributed by atoms with van der Waals surface area (Å²) in [6.07, 6.45) is 0.812. The van der Waals surface area contributed by atoms with E-state index < -0.39 is 0 Å². The largest absolute Gasteiger partial charge is 0.493 e. The number of hydrogen-bond donors (Lipinski definition) is 2. The molecule has 2 rings (SSSR count). The van der Waals surface area contributed by atoms with Gasteiger partial charge in [0, 0.05) is 25.7 Å². The van der Waals surface area contributed by atoms with Gasteiger partial charge in [-0.15, -0.1) is 0 Å². The topological polar surface area (TPSA) is 90.1 Å². The molecular weight excluding hydrogens is 348 g/mol. The number of ether oxygens (including phenoxy) is 3. The van der Waals surface area contributed by atoms with E-state index in [1.54, 1.807) is 28.4 Å². The molecule has 1 aromatic heterocycles. The van der Waals surface area contributed by atoms with Gasteiger partial charge in [-0.2, -0.15) is 0 Å². The Morgan fingerprint density at radius 1 is 1.07 bits per heavy atom. The van der Waals surface area contributed by atoms with Gasteiger partial charge in [0.2, 0.25) is 5.75 Å². The van der Waals surface area contributed by atoms with Crippen LogP contribution in [0, 0.1) is 13.8 Å². The van der Waals surface area contributed by atoms with Crippen LogP contribution in [0.5, 0.6) is 17.2 Å². The van der Waals surface area contributed by atoms with Gasteiger partial charge in [0.15, 0.2) is 17.5 Å². The van der Waals surface area contributed by atoms with Crippen molar-refractivity contribution < 1.29 is 18.7 Å². The maximum absolute atomic E-state index is 5.39. The van der Waals surface area contributed by atoms with E-state index in [0.717, 1.165) is 35.5 Å². The quantitative estimate of drug-likeness (QED) is 0.539. The third kappa shape index (κ3) is 5.06. The zero-order valence-electron chi connectivity index (χ0n) is 16.8. The van der Waals surface area contributed by atoms with E-state index in [0.29, 0.717) is 29.8 Å². The smallest absolute Gasteiger partial charge is 0.203 e. The Morgan fingerprint density at radius 2 is 1.74 bits per heavy atom. The molecule has 148 valence electrons. The van der Waals surface area contributed by atoms with Crippen LogP contribution < -0.4 is 24.8 Å². The molecule has 0 saturated heterocycles. The van der Waals surface area contributed by atoms with Gasteiger partial charge in [-0.25, -0.2) is 0 Å². The van der Waals surface area contributed by atoms with Gasteiger partial charge in [-0.05, 0) is 38.0 Å². The maximum Gasteiger partial charge on any atom is 0.203 e. The Balaban J connectivity index is 1.95. The molecule has 2 N–H and O–H groups in total. The van der Waals surface area contributed by atoms with Crippen molar-refractivity contribution >= 4 is 5.96 Å². The Hall–Kier alpha value is -2.90. The van der Waals surface area contributed by atoms with Crippen molar-refractivity contribution in [2.75, 3.05) is 34.9 Å². The molecule has 0 atom stereocenters. The molecule has 0 saturated carbocycles. The lowest BCUT2D eigenvalue weighted by molar-refractivity contribution is 0.323. The van der Waals surface area contributed by atoms with Crippen LogP contribution in [0.25, 0.3) is 0 Å². The summed E-state index contributed by atoms with van der Waals surface area (Å²) in [5, 5.41) is 10.6. The molecule has 8 heteroatoms. The Bertz CT molecular complexity index is 742. The molecule has 1 aromatic carbocycles. The van der Waals surface area contributed by atoms with Crippen molar-refractivity contribution in [3.8, 4) is 17.2 Å². The zero-order chi connectivity index (χ0) is 19.8. The second-order valence-electron chi connectivity index (χ2n) is 5.94. The van der Waals surface area contributed by atoms with Crippen molar-refractivity contribution in [1.29, 1.82) is 0 Å². The maximum atomic E-state index is 5.39. The van der Waals surface area contributed by atoms with E-state index >= 15 is 0 Å². The first-order chi connectivity index (χ1) is 13.0. The summed E-state index contributed by atoms with van der Waals surface area (Å²) < 4.78 is 21.3. The van der Waals surface area contributed by atoms with Crippen LogP contribution in [-0.4, -0.2) is 46.0 Å². The van der Waals surface area contributed by atoms with Gasteiger partial charge in [0.05, 0.1) is 27.0 Å². The Morgan fingerprint density at radius 3 is 2.22 bits per heavy atom. The summed E-state index contributed by atoms with van der Waals surface area (Å²) in [5.74, 6) is 3.38. The predicted molar refractivity (Wildman–Crippen MR) is 104 cm³/mol. The third-order valence-electron chi connectivity index (χ3n) is 4.26. The molecule has 2 aromatic rings. The molecule has 0 unspecified atom stereocenters. The fraction of sp³-hybridized carbons (Fsp3) is 0.474. The second kappa shape index (κ2) is 9.70.